The number of aromatic amines is 1. The second kappa shape index (κ2) is 8.56. The van der Waals surface area contributed by atoms with E-state index in [9.17, 15) is 5.26 Å². The van der Waals surface area contributed by atoms with Gasteiger partial charge in [0.05, 0.1) is 16.6 Å². The minimum Gasteiger partial charge on any atom is -0.488 e. The molecule has 1 N–H and O–H groups in total. The number of nitrogens with zero attached hydrogens (tertiary/aromatic N) is 2. The number of nitriles is 1. The number of aromatic nitrogens is 2. The molecule has 4 rings (SSSR count). The van der Waals surface area contributed by atoms with Gasteiger partial charge < -0.3 is 9.72 Å². The summed E-state index contributed by atoms with van der Waals surface area (Å²) < 4.78 is 6.96. The fourth-order valence-electron chi connectivity index (χ4n) is 3.21. The Morgan fingerprint density at radius 3 is 2.63 bits per heavy atom. The van der Waals surface area contributed by atoms with Crippen molar-refractivity contribution < 1.29 is 4.74 Å². The third-order valence-corrected chi connectivity index (χ3v) is 5.48. The molecule has 4 nitrogen and oxygen atoms in total. The molecule has 1 heterocycles. The molecule has 0 aliphatic carbocycles. The van der Waals surface area contributed by atoms with Crippen LogP contribution >= 0.6 is 15.9 Å². The SMILES string of the molecule is Cc1cc2nc(/C(C#N)=C\c3cc(Br)ccc3OCc3ccccc3)[nH]c2cc1C. The highest BCUT2D eigenvalue weighted by Gasteiger charge is 2.11. The molecule has 4 aromatic rings. The Morgan fingerprint density at radius 1 is 1.10 bits per heavy atom. The molecule has 0 fully saturated rings. The maximum Gasteiger partial charge on any atom is 0.149 e. The molecule has 0 saturated carbocycles. The van der Waals surface area contributed by atoms with Crippen LogP contribution in [0.25, 0.3) is 22.7 Å². The van der Waals surface area contributed by atoms with Crippen LogP contribution in [-0.4, -0.2) is 9.97 Å². The lowest BCUT2D eigenvalue weighted by Gasteiger charge is -2.10. The van der Waals surface area contributed by atoms with Crippen molar-refractivity contribution in [3.8, 4) is 11.8 Å². The second-order valence-corrected chi connectivity index (χ2v) is 8.08. The molecule has 1 aromatic heterocycles. The number of H-pyrrole nitrogens is 1. The van der Waals surface area contributed by atoms with Crippen LogP contribution in [0.4, 0.5) is 0 Å². The van der Waals surface area contributed by atoms with E-state index in [1.165, 1.54) is 11.1 Å². The smallest absolute Gasteiger partial charge is 0.149 e. The summed E-state index contributed by atoms with van der Waals surface area (Å²) >= 11 is 3.51. The van der Waals surface area contributed by atoms with Crippen molar-refractivity contribution in [2.24, 2.45) is 0 Å². The largest absolute Gasteiger partial charge is 0.488 e. The lowest BCUT2D eigenvalue weighted by Crippen LogP contribution is -1.97. The molecule has 3 aromatic carbocycles. The number of hydrogen-bond acceptors (Lipinski definition) is 3. The van der Waals surface area contributed by atoms with Crippen LogP contribution in [0.1, 0.15) is 28.1 Å². The van der Waals surface area contributed by atoms with Crippen molar-refractivity contribution in [3.05, 3.63) is 93.2 Å². The number of imidazole rings is 1. The number of allylic oxidation sites excluding steroid dienone is 1. The van der Waals surface area contributed by atoms with Gasteiger partial charge in [-0.3, -0.25) is 0 Å². The average Bonchev–Trinajstić information content (AvgIpc) is 3.14. The minimum atomic E-state index is 0.448. The molecular weight excluding hydrogens is 438 g/mol. The molecule has 0 saturated heterocycles. The van der Waals surface area contributed by atoms with Crippen LogP contribution in [-0.2, 0) is 6.61 Å². The first-order valence-corrected chi connectivity index (χ1v) is 10.4. The minimum absolute atomic E-state index is 0.448. The summed E-state index contributed by atoms with van der Waals surface area (Å²) in [6, 6.07) is 22.1. The van der Waals surface area contributed by atoms with Gasteiger partial charge in [-0.2, -0.15) is 5.26 Å². The van der Waals surface area contributed by atoms with Crippen LogP contribution in [0.15, 0.2) is 65.1 Å². The molecule has 30 heavy (non-hydrogen) atoms. The van der Waals surface area contributed by atoms with Gasteiger partial charge in [0.15, 0.2) is 0 Å². The maximum atomic E-state index is 9.81. The summed E-state index contributed by atoms with van der Waals surface area (Å²) in [5.74, 6) is 1.25. The Morgan fingerprint density at radius 2 is 1.87 bits per heavy atom. The van der Waals surface area contributed by atoms with E-state index in [-0.39, 0.29) is 0 Å². The van der Waals surface area contributed by atoms with Crippen molar-refractivity contribution in [3.63, 3.8) is 0 Å². The number of nitrogens with one attached hydrogen (secondary N) is 1. The van der Waals surface area contributed by atoms with Crippen molar-refractivity contribution >= 4 is 38.6 Å². The zero-order valence-corrected chi connectivity index (χ0v) is 18.3. The predicted octanol–water partition coefficient (Wildman–Crippen LogP) is 6.59. The topological polar surface area (TPSA) is 61.7 Å². The quantitative estimate of drug-likeness (QED) is 0.344. The maximum absolute atomic E-state index is 9.81. The number of aryl methyl sites for hydroxylation is 2. The zero-order chi connectivity index (χ0) is 21.1. The fourth-order valence-corrected chi connectivity index (χ4v) is 3.58. The van der Waals surface area contributed by atoms with Crippen LogP contribution in [0.5, 0.6) is 5.75 Å². The normalized spacial score (nSPS) is 11.5. The first-order valence-electron chi connectivity index (χ1n) is 9.59. The number of fused-ring (bicyclic) bond motifs is 1. The van der Waals surface area contributed by atoms with Crippen molar-refractivity contribution in [2.45, 2.75) is 20.5 Å². The molecule has 5 heteroatoms. The Labute approximate surface area is 184 Å². The first-order chi connectivity index (χ1) is 14.5. The molecular formula is C25H20BrN3O. The van der Waals surface area contributed by atoms with Crippen molar-refractivity contribution in [1.29, 1.82) is 5.26 Å². The summed E-state index contributed by atoms with van der Waals surface area (Å²) in [4.78, 5) is 7.90. The monoisotopic (exact) mass is 457 g/mol. The van der Waals surface area contributed by atoms with Gasteiger partial charge in [0.2, 0.25) is 0 Å². The molecule has 0 radical (unpaired) electrons. The van der Waals surface area contributed by atoms with Crippen molar-refractivity contribution in [1.82, 2.24) is 9.97 Å². The standard InChI is InChI=1S/C25H20BrN3O/c1-16-10-22-23(11-17(16)2)29-25(28-22)20(14-27)12-19-13-21(26)8-9-24(19)30-15-18-6-4-3-5-7-18/h3-13H,15H2,1-2H3,(H,28,29)/b20-12-. The molecule has 148 valence electrons. The van der Waals surface area contributed by atoms with Gasteiger partial charge in [-0.25, -0.2) is 4.98 Å². The zero-order valence-electron chi connectivity index (χ0n) is 16.7. The molecule has 0 aliphatic heterocycles. The van der Waals surface area contributed by atoms with Gasteiger partial charge >= 0.3 is 0 Å². The number of hydrogen-bond donors (Lipinski definition) is 1. The number of halogens is 1. The van der Waals surface area contributed by atoms with E-state index in [0.717, 1.165) is 26.6 Å². The molecule has 0 aliphatic rings. The predicted molar refractivity (Wildman–Crippen MR) is 124 cm³/mol. The fraction of sp³-hybridized carbons (Fsp3) is 0.120. The average molecular weight is 458 g/mol. The van der Waals surface area contributed by atoms with E-state index in [0.29, 0.717) is 23.8 Å². The second-order valence-electron chi connectivity index (χ2n) is 7.17. The Kier molecular flexibility index (Phi) is 5.69. The first kappa shape index (κ1) is 19.9. The van der Waals surface area contributed by atoms with Crippen LogP contribution in [0, 0.1) is 25.2 Å². The Hall–Kier alpha value is -3.36. The highest BCUT2D eigenvalue weighted by molar-refractivity contribution is 9.10. The van der Waals surface area contributed by atoms with E-state index >= 15 is 0 Å². The Balaban J connectivity index is 1.70. The van der Waals surface area contributed by atoms with Gasteiger partial charge in [0.1, 0.15) is 24.3 Å². The number of ether oxygens (including phenoxy) is 1. The van der Waals surface area contributed by atoms with E-state index in [1.807, 2.05) is 60.7 Å². The lowest BCUT2D eigenvalue weighted by atomic mass is 10.1. The summed E-state index contributed by atoms with van der Waals surface area (Å²) in [5, 5.41) is 9.81. The molecule has 0 atom stereocenters. The van der Waals surface area contributed by atoms with Crippen LogP contribution in [0.3, 0.4) is 0 Å². The highest BCUT2D eigenvalue weighted by atomic mass is 79.9. The van der Waals surface area contributed by atoms with E-state index in [4.69, 9.17) is 4.74 Å². The van der Waals surface area contributed by atoms with Crippen LogP contribution < -0.4 is 4.74 Å². The Bertz CT molecular complexity index is 1240. The third kappa shape index (κ3) is 4.29. The van der Waals surface area contributed by atoms with Gasteiger partial charge in [0, 0.05) is 10.0 Å². The molecule has 0 amide bonds. The van der Waals surface area contributed by atoms with Gasteiger partial charge in [0.25, 0.3) is 0 Å². The van der Waals surface area contributed by atoms with Gasteiger partial charge in [-0.05, 0) is 66.9 Å². The molecule has 0 unspecified atom stereocenters. The number of rotatable bonds is 5. The summed E-state index contributed by atoms with van der Waals surface area (Å²) in [5.41, 5.74) is 6.47. The van der Waals surface area contributed by atoms with E-state index in [2.05, 4.69) is 51.9 Å². The third-order valence-electron chi connectivity index (χ3n) is 4.98. The highest BCUT2D eigenvalue weighted by Crippen LogP contribution is 2.29. The summed E-state index contributed by atoms with van der Waals surface area (Å²) in [6.45, 7) is 4.57. The van der Waals surface area contributed by atoms with Gasteiger partial charge in [-0.1, -0.05) is 46.3 Å². The lowest BCUT2D eigenvalue weighted by molar-refractivity contribution is 0.305. The van der Waals surface area contributed by atoms with E-state index < -0.39 is 0 Å². The molecule has 0 spiro atoms. The van der Waals surface area contributed by atoms with Crippen molar-refractivity contribution in [2.75, 3.05) is 0 Å². The van der Waals surface area contributed by atoms with Crippen LogP contribution in [0.2, 0.25) is 0 Å². The summed E-state index contributed by atoms with van der Waals surface area (Å²) in [7, 11) is 0. The summed E-state index contributed by atoms with van der Waals surface area (Å²) in [6.07, 6.45) is 1.81. The number of benzene rings is 3. The van der Waals surface area contributed by atoms with E-state index in [1.54, 1.807) is 0 Å². The molecule has 0 bridgehead atoms. The van der Waals surface area contributed by atoms with Gasteiger partial charge in [-0.15, -0.1) is 0 Å².